The Morgan fingerprint density at radius 2 is 1.84 bits per heavy atom. The van der Waals surface area contributed by atoms with E-state index in [0.717, 1.165) is 11.3 Å². The van der Waals surface area contributed by atoms with Crippen molar-refractivity contribution in [3.05, 3.63) is 58.7 Å². The van der Waals surface area contributed by atoms with Gasteiger partial charge in [0.15, 0.2) is 0 Å². The molecule has 7 heteroatoms. The monoisotopic (exact) mass is 355 g/mol. The summed E-state index contributed by atoms with van der Waals surface area (Å²) in [5.41, 5.74) is 2.93. The van der Waals surface area contributed by atoms with Crippen LogP contribution in [0.3, 0.4) is 0 Å². The number of hydrogen-bond donors (Lipinski definition) is 1. The zero-order valence-electron chi connectivity index (χ0n) is 13.9. The smallest absolute Gasteiger partial charge is 0.251 e. The number of nitrogens with zero attached hydrogens (tertiary/aromatic N) is 2. The fourth-order valence-corrected chi connectivity index (χ4v) is 2.98. The minimum Gasteiger partial charge on any atom is -0.497 e. The van der Waals surface area contributed by atoms with Gasteiger partial charge in [0.05, 0.1) is 32.2 Å². The van der Waals surface area contributed by atoms with Gasteiger partial charge in [-0.05, 0) is 23.6 Å². The first-order valence-electron chi connectivity index (χ1n) is 7.55. The number of amides is 1. The lowest BCUT2D eigenvalue weighted by Gasteiger charge is -2.10. The Hall–Kier alpha value is -2.93. The maximum atomic E-state index is 12.5. The summed E-state index contributed by atoms with van der Waals surface area (Å²) in [4.78, 5) is 21.2. The molecule has 0 aliphatic carbocycles. The van der Waals surface area contributed by atoms with Crippen molar-refractivity contribution in [3.8, 4) is 22.8 Å². The van der Waals surface area contributed by atoms with Crippen molar-refractivity contribution in [3.63, 3.8) is 0 Å². The largest absolute Gasteiger partial charge is 0.497 e. The molecule has 0 fully saturated rings. The highest BCUT2D eigenvalue weighted by molar-refractivity contribution is 7.08. The summed E-state index contributed by atoms with van der Waals surface area (Å²) in [6.07, 6.45) is 3.26. The fraction of sp³-hybridized carbons (Fsp3) is 0.167. The average Bonchev–Trinajstić information content (AvgIpc) is 3.20. The second-order valence-corrected chi connectivity index (χ2v) is 5.93. The van der Waals surface area contributed by atoms with E-state index in [4.69, 9.17) is 9.47 Å². The molecule has 2 heterocycles. The molecule has 0 unspecified atom stereocenters. The van der Waals surface area contributed by atoms with Crippen LogP contribution in [0.5, 0.6) is 11.5 Å². The van der Waals surface area contributed by atoms with E-state index in [2.05, 4.69) is 15.3 Å². The third kappa shape index (κ3) is 3.95. The van der Waals surface area contributed by atoms with E-state index < -0.39 is 0 Å². The molecule has 2 aromatic heterocycles. The summed E-state index contributed by atoms with van der Waals surface area (Å²) in [6.45, 7) is 0.275. The van der Waals surface area contributed by atoms with Crippen LogP contribution in [0.2, 0.25) is 0 Å². The van der Waals surface area contributed by atoms with Gasteiger partial charge < -0.3 is 14.8 Å². The molecule has 0 bridgehead atoms. The second-order valence-electron chi connectivity index (χ2n) is 5.15. The molecule has 0 radical (unpaired) electrons. The zero-order valence-corrected chi connectivity index (χ0v) is 14.7. The number of ether oxygens (including phenoxy) is 2. The van der Waals surface area contributed by atoms with Gasteiger partial charge in [-0.2, -0.15) is 11.3 Å². The molecule has 1 N–H and O–H groups in total. The van der Waals surface area contributed by atoms with Crippen LogP contribution in [-0.4, -0.2) is 30.1 Å². The fourth-order valence-electron chi connectivity index (χ4n) is 2.34. The maximum absolute atomic E-state index is 12.5. The van der Waals surface area contributed by atoms with Crippen molar-refractivity contribution >= 4 is 17.2 Å². The van der Waals surface area contributed by atoms with Crippen LogP contribution >= 0.6 is 11.3 Å². The molecule has 1 aromatic carbocycles. The number of methoxy groups -OCH3 is 2. The molecule has 3 aromatic rings. The van der Waals surface area contributed by atoms with E-state index in [1.807, 2.05) is 16.8 Å². The van der Waals surface area contributed by atoms with E-state index >= 15 is 0 Å². The molecule has 0 saturated carbocycles. The Labute approximate surface area is 149 Å². The molecular formula is C18H17N3O3S. The number of carbonyl (C=O) groups is 1. The number of benzene rings is 1. The van der Waals surface area contributed by atoms with Crippen LogP contribution in [0.15, 0.2) is 47.4 Å². The topological polar surface area (TPSA) is 73.3 Å². The lowest BCUT2D eigenvalue weighted by Crippen LogP contribution is -2.24. The Bertz CT molecular complexity index is 844. The third-order valence-electron chi connectivity index (χ3n) is 3.60. The van der Waals surface area contributed by atoms with Gasteiger partial charge in [0, 0.05) is 35.0 Å². The van der Waals surface area contributed by atoms with E-state index in [0.29, 0.717) is 22.8 Å². The molecule has 0 saturated heterocycles. The van der Waals surface area contributed by atoms with Gasteiger partial charge in [-0.1, -0.05) is 0 Å². The van der Waals surface area contributed by atoms with Crippen LogP contribution < -0.4 is 14.8 Å². The molecule has 0 aliphatic rings. The standard InChI is InChI=1S/C18H17N3O3S/c1-23-14-7-13(8-15(9-14)24-2)18(22)21-10-16-17(20-5-4-19-16)12-3-6-25-11-12/h3-9,11H,10H2,1-2H3,(H,21,22). The van der Waals surface area contributed by atoms with Gasteiger partial charge in [-0.15, -0.1) is 0 Å². The number of thiophene rings is 1. The number of aromatic nitrogens is 2. The zero-order chi connectivity index (χ0) is 17.6. The van der Waals surface area contributed by atoms with Crippen molar-refractivity contribution in [1.82, 2.24) is 15.3 Å². The van der Waals surface area contributed by atoms with Crippen LogP contribution in [-0.2, 0) is 6.54 Å². The van der Waals surface area contributed by atoms with Gasteiger partial charge in [-0.25, -0.2) is 0 Å². The number of carbonyl (C=O) groups excluding carboxylic acids is 1. The van der Waals surface area contributed by atoms with E-state index in [9.17, 15) is 4.79 Å². The van der Waals surface area contributed by atoms with Gasteiger partial charge in [0.1, 0.15) is 11.5 Å². The average molecular weight is 355 g/mol. The molecule has 6 nitrogen and oxygen atoms in total. The van der Waals surface area contributed by atoms with Crippen molar-refractivity contribution in [2.45, 2.75) is 6.54 Å². The summed E-state index contributed by atoms with van der Waals surface area (Å²) in [6, 6.07) is 7.02. The SMILES string of the molecule is COc1cc(OC)cc(C(=O)NCc2nccnc2-c2ccsc2)c1. The summed E-state index contributed by atoms with van der Waals surface area (Å²) in [5, 5.41) is 6.85. The molecular weight excluding hydrogens is 338 g/mol. The maximum Gasteiger partial charge on any atom is 0.251 e. The number of nitrogens with one attached hydrogen (secondary N) is 1. The Morgan fingerprint density at radius 3 is 2.48 bits per heavy atom. The Kier molecular flexibility index (Phi) is 5.25. The quantitative estimate of drug-likeness (QED) is 0.735. The predicted octanol–water partition coefficient (Wildman–Crippen LogP) is 3.15. The lowest BCUT2D eigenvalue weighted by atomic mass is 10.1. The van der Waals surface area contributed by atoms with Crippen molar-refractivity contribution in [1.29, 1.82) is 0 Å². The number of hydrogen-bond acceptors (Lipinski definition) is 6. The van der Waals surface area contributed by atoms with Crippen LogP contribution in [0, 0.1) is 0 Å². The highest BCUT2D eigenvalue weighted by Gasteiger charge is 2.13. The van der Waals surface area contributed by atoms with Crippen LogP contribution in [0.4, 0.5) is 0 Å². The first kappa shape index (κ1) is 16.9. The minimum atomic E-state index is -0.237. The highest BCUT2D eigenvalue weighted by Crippen LogP contribution is 2.24. The molecule has 0 atom stereocenters. The van der Waals surface area contributed by atoms with Gasteiger partial charge >= 0.3 is 0 Å². The highest BCUT2D eigenvalue weighted by atomic mass is 32.1. The van der Waals surface area contributed by atoms with Gasteiger partial charge in [0.2, 0.25) is 0 Å². The molecule has 25 heavy (non-hydrogen) atoms. The number of rotatable bonds is 6. The third-order valence-corrected chi connectivity index (χ3v) is 4.28. The van der Waals surface area contributed by atoms with E-state index in [1.54, 1.807) is 56.1 Å². The summed E-state index contributed by atoms with van der Waals surface area (Å²) in [7, 11) is 3.09. The van der Waals surface area contributed by atoms with E-state index in [-0.39, 0.29) is 12.5 Å². The van der Waals surface area contributed by atoms with Crippen molar-refractivity contribution < 1.29 is 14.3 Å². The summed E-state index contributed by atoms with van der Waals surface area (Å²) in [5.74, 6) is 0.880. The second kappa shape index (κ2) is 7.76. The summed E-state index contributed by atoms with van der Waals surface area (Å²) < 4.78 is 10.4. The van der Waals surface area contributed by atoms with Crippen LogP contribution in [0.1, 0.15) is 16.1 Å². The predicted molar refractivity (Wildman–Crippen MR) is 96.1 cm³/mol. The van der Waals surface area contributed by atoms with E-state index in [1.165, 1.54) is 0 Å². The lowest BCUT2D eigenvalue weighted by molar-refractivity contribution is 0.0949. The molecule has 0 spiro atoms. The molecule has 0 aliphatic heterocycles. The summed E-state index contributed by atoms with van der Waals surface area (Å²) >= 11 is 1.59. The van der Waals surface area contributed by atoms with Crippen LogP contribution in [0.25, 0.3) is 11.3 Å². The van der Waals surface area contributed by atoms with Crippen molar-refractivity contribution in [2.75, 3.05) is 14.2 Å². The Balaban J connectivity index is 1.78. The molecule has 3 rings (SSSR count). The Morgan fingerprint density at radius 1 is 1.12 bits per heavy atom. The van der Waals surface area contributed by atoms with Gasteiger partial charge in [-0.3, -0.25) is 14.8 Å². The molecule has 1 amide bonds. The van der Waals surface area contributed by atoms with Crippen molar-refractivity contribution in [2.24, 2.45) is 0 Å². The normalized spacial score (nSPS) is 10.3. The minimum absolute atomic E-state index is 0.237. The molecule has 128 valence electrons. The first-order chi connectivity index (χ1) is 12.2. The first-order valence-corrected chi connectivity index (χ1v) is 8.49. The van der Waals surface area contributed by atoms with Gasteiger partial charge in [0.25, 0.3) is 5.91 Å².